The minimum atomic E-state index is -1.01. The van der Waals surface area contributed by atoms with E-state index in [0.29, 0.717) is 22.9 Å². The maximum Gasteiger partial charge on any atom is 0.143 e. The number of benzene rings is 1. The van der Waals surface area contributed by atoms with E-state index in [1.54, 1.807) is 18.2 Å². The molecular formula is C13H17BrFNO. The number of halogens is 2. The standard InChI is InChI=1S/C13H17BrFNO/c1-2-16-8-6-13(17,7-9-16)10-4-3-5-11(14)12(10)15/h3-5,17H,2,6-9H2,1H3. The fourth-order valence-corrected chi connectivity index (χ4v) is 2.74. The van der Waals surface area contributed by atoms with Crippen LogP contribution in [-0.2, 0) is 5.60 Å². The van der Waals surface area contributed by atoms with Crippen molar-refractivity contribution in [1.29, 1.82) is 0 Å². The fourth-order valence-electron chi connectivity index (χ4n) is 2.37. The third-order valence-corrected chi connectivity index (χ3v) is 4.20. The summed E-state index contributed by atoms with van der Waals surface area (Å²) in [5.41, 5.74) is -0.595. The quantitative estimate of drug-likeness (QED) is 0.908. The van der Waals surface area contributed by atoms with Crippen molar-refractivity contribution in [3.05, 3.63) is 34.1 Å². The second-order valence-electron chi connectivity index (χ2n) is 4.57. The maximum absolute atomic E-state index is 14.0. The van der Waals surface area contributed by atoms with Gasteiger partial charge in [0.1, 0.15) is 5.82 Å². The molecule has 0 aliphatic carbocycles. The van der Waals surface area contributed by atoms with E-state index in [0.717, 1.165) is 19.6 Å². The van der Waals surface area contributed by atoms with Crippen LogP contribution in [0.15, 0.2) is 22.7 Å². The van der Waals surface area contributed by atoms with Gasteiger partial charge in [-0.1, -0.05) is 19.1 Å². The predicted molar refractivity (Wildman–Crippen MR) is 69.3 cm³/mol. The molecule has 0 bridgehead atoms. The summed E-state index contributed by atoms with van der Waals surface area (Å²) in [6, 6.07) is 5.11. The van der Waals surface area contributed by atoms with Gasteiger partial charge in [0.2, 0.25) is 0 Å². The van der Waals surface area contributed by atoms with Gasteiger partial charge in [-0.15, -0.1) is 0 Å². The second kappa shape index (κ2) is 5.04. The van der Waals surface area contributed by atoms with E-state index >= 15 is 0 Å². The van der Waals surface area contributed by atoms with Gasteiger partial charge in [0.05, 0.1) is 10.1 Å². The van der Waals surface area contributed by atoms with Gasteiger partial charge in [0, 0.05) is 18.7 Å². The van der Waals surface area contributed by atoms with Crippen molar-refractivity contribution in [3.8, 4) is 0 Å². The minimum absolute atomic E-state index is 0.333. The molecule has 0 amide bonds. The van der Waals surface area contributed by atoms with E-state index in [4.69, 9.17) is 0 Å². The zero-order valence-electron chi connectivity index (χ0n) is 9.92. The van der Waals surface area contributed by atoms with Gasteiger partial charge < -0.3 is 10.0 Å². The molecule has 0 aromatic heterocycles. The van der Waals surface area contributed by atoms with Crippen LogP contribution in [0.25, 0.3) is 0 Å². The molecule has 0 spiro atoms. The molecule has 2 rings (SSSR count). The summed E-state index contributed by atoms with van der Waals surface area (Å²) in [5, 5.41) is 10.6. The molecule has 0 atom stereocenters. The van der Waals surface area contributed by atoms with Crippen molar-refractivity contribution >= 4 is 15.9 Å². The first-order valence-electron chi connectivity index (χ1n) is 5.96. The van der Waals surface area contributed by atoms with Gasteiger partial charge in [-0.2, -0.15) is 0 Å². The third-order valence-electron chi connectivity index (χ3n) is 3.58. The van der Waals surface area contributed by atoms with E-state index in [9.17, 15) is 9.50 Å². The van der Waals surface area contributed by atoms with Crippen LogP contribution in [0.3, 0.4) is 0 Å². The molecule has 1 aliphatic rings. The highest BCUT2D eigenvalue weighted by atomic mass is 79.9. The molecule has 1 aliphatic heterocycles. The SMILES string of the molecule is CCN1CCC(O)(c2cccc(Br)c2F)CC1. The van der Waals surface area contributed by atoms with Crippen LogP contribution in [-0.4, -0.2) is 29.6 Å². The zero-order valence-corrected chi connectivity index (χ0v) is 11.5. The van der Waals surface area contributed by atoms with E-state index in [1.807, 2.05) is 0 Å². The molecule has 1 aromatic carbocycles. The summed E-state index contributed by atoms with van der Waals surface area (Å²) in [4.78, 5) is 2.27. The van der Waals surface area contributed by atoms with Gasteiger partial charge in [-0.05, 0) is 41.4 Å². The molecule has 94 valence electrons. The van der Waals surface area contributed by atoms with Crippen LogP contribution in [0.1, 0.15) is 25.3 Å². The second-order valence-corrected chi connectivity index (χ2v) is 5.42. The Bertz CT molecular complexity index is 402. The smallest absolute Gasteiger partial charge is 0.143 e. The van der Waals surface area contributed by atoms with Gasteiger partial charge in [-0.3, -0.25) is 0 Å². The number of nitrogens with zero attached hydrogens (tertiary/aromatic N) is 1. The largest absolute Gasteiger partial charge is 0.385 e. The molecule has 0 saturated carbocycles. The summed E-state index contributed by atoms with van der Waals surface area (Å²) in [5.74, 6) is -0.333. The lowest BCUT2D eigenvalue weighted by atomic mass is 9.84. The molecule has 2 nitrogen and oxygen atoms in total. The van der Waals surface area contributed by atoms with Crippen LogP contribution < -0.4 is 0 Å². The van der Waals surface area contributed by atoms with Gasteiger partial charge in [-0.25, -0.2) is 4.39 Å². The van der Waals surface area contributed by atoms with Crippen LogP contribution in [0.2, 0.25) is 0 Å². The zero-order chi connectivity index (χ0) is 12.5. The Morgan fingerprint density at radius 2 is 2.06 bits per heavy atom. The average Bonchev–Trinajstić information content (AvgIpc) is 2.33. The summed E-state index contributed by atoms with van der Waals surface area (Å²) in [6.07, 6.45) is 1.18. The Kier molecular flexibility index (Phi) is 3.85. The summed E-state index contributed by atoms with van der Waals surface area (Å²) in [7, 11) is 0. The molecule has 1 aromatic rings. The maximum atomic E-state index is 14.0. The first-order chi connectivity index (χ1) is 8.07. The molecular weight excluding hydrogens is 285 g/mol. The van der Waals surface area contributed by atoms with Crippen LogP contribution in [0, 0.1) is 5.82 Å². The first-order valence-corrected chi connectivity index (χ1v) is 6.75. The van der Waals surface area contributed by atoms with E-state index in [-0.39, 0.29) is 5.82 Å². The molecule has 1 fully saturated rings. The molecule has 0 radical (unpaired) electrons. The molecule has 1 N–H and O–H groups in total. The number of hydrogen-bond acceptors (Lipinski definition) is 2. The van der Waals surface area contributed by atoms with Gasteiger partial charge >= 0.3 is 0 Å². The normalized spacial score (nSPS) is 20.5. The predicted octanol–water partition coefficient (Wildman–Crippen LogP) is 2.89. The minimum Gasteiger partial charge on any atom is -0.385 e. The number of rotatable bonds is 2. The van der Waals surface area contributed by atoms with Crippen molar-refractivity contribution in [2.45, 2.75) is 25.4 Å². The average molecular weight is 302 g/mol. The van der Waals surface area contributed by atoms with Crippen molar-refractivity contribution in [1.82, 2.24) is 4.90 Å². The number of hydrogen-bond donors (Lipinski definition) is 1. The summed E-state index contributed by atoms with van der Waals surface area (Å²) < 4.78 is 14.4. The number of aliphatic hydroxyl groups is 1. The van der Waals surface area contributed by atoms with Crippen LogP contribution >= 0.6 is 15.9 Å². The molecule has 1 heterocycles. The molecule has 4 heteroatoms. The van der Waals surface area contributed by atoms with E-state index in [1.165, 1.54) is 0 Å². The molecule has 1 saturated heterocycles. The number of piperidine rings is 1. The van der Waals surface area contributed by atoms with E-state index in [2.05, 4.69) is 27.8 Å². The van der Waals surface area contributed by atoms with Crippen molar-refractivity contribution in [2.75, 3.05) is 19.6 Å². The van der Waals surface area contributed by atoms with Crippen molar-refractivity contribution < 1.29 is 9.50 Å². The van der Waals surface area contributed by atoms with Crippen molar-refractivity contribution in [3.63, 3.8) is 0 Å². The highest BCUT2D eigenvalue weighted by Gasteiger charge is 2.36. The Balaban J connectivity index is 2.24. The highest BCUT2D eigenvalue weighted by Crippen LogP contribution is 2.36. The molecule has 17 heavy (non-hydrogen) atoms. The van der Waals surface area contributed by atoms with E-state index < -0.39 is 5.60 Å². The summed E-state index contributed by atoms with van der Waals surface area (Å²) >= 11 is 3.17. The lowest BCUT2D eigenvalue weighted by Gasteiger charge is -2.38. The Labute approximate surface area is 110 Å². The highest BCUT2D eigenvalue weighted by molar-refractivity contribution is 9.10. The first kappa shape index (κ1) is 13.0. The van der Waals surface area contributed by atoms with Gasteiger partial charge in [0.15, 0.2) is 0 Å². The van der Waals surface area contributed by atoms with Crippen LogP contribution in [0.4, 0.5) is 4.39 Å². The Hall–Kier alpha value is -0.450. The third kappa shape index (κ3) is 2.54. The lowest BCUT2D eigenvalue weighted by Crippen LogP contribution is -2.42. The summed E-state index contributed by atoms with van der Waals surface area (Å²) in [6.45, 7) is 4.72. The fraction of sp³-hybridized carbons (Fsp3) is 0.538. The topological polar surface area (TPSA) is 23.5 Å². The Morgan fingerprint density at radius 3 is 2.65 bits per heavy atom. The van der Waals surface area contributed by atoms with Gasteiger partial charge in [0.25, 0.3) is 0 Å². The van der Waals surface area contributed by atoms with Crippen molar-refractivity contribution in [2.24, 2.45) is 0 Å². The number of likely N-dealkylation sites (tertiary alicyclic amines) is 1. The Morgan fingerprint density at radius 1 is 1.41 bits per heavy atom. The monoisotopic (exact) mass is 301 g/mol. The lowest BCUT2D eigenvalue weighted by molar-refractivity contribution is -0.0273. The van der Waals surface area contributed by atoms with Crippen LogP contribution in [0.5, 0.6) is 0 Å². The molecule has 0 unspecified atom stereocenters.